The van der Waals surface area contributed by atoms with Crippen molar-refractivity contribution in [2.45, 2.75) is 38.3 Å². The van der Waals surface area contributed by atoms with Crippen LogP contribution in [0.5, 0.6) is 0 Å². The molecule has 1 aromatic carbocycles. The van der Waals surface area contributed by atoms with Gasteiger partial charge >= 0.3 is 0 Å². The fraction of sp³-hybridized carbons (Fsp3) is 0.571. The van der Waals surface area contributed by atoms with Gasteiger partial charge in [-0.05, 0) is 29.4 Å². The van der Waals surface area contributed by atoms with Gasteiger partial charge in [0.2, 0.25) is 0 Å². The maximum absolute atomic E-state index is 9.88. The molecule has 3 heteroatoms. The van der Waals surface area contributed by atoms with Crippen LogP contribution in [-0.2, 0) is 6.54 Å². The SMILES string of the molecule is CSc1ccc(CNCC(O)C(C)(C)C)cc1. The summed E-state index contributed by atoms with van der Waals surface area (Å²) < 4.78 is 0. The monoisotopic (exact) mass is 253 g/mol. The van der Waals surface area contributed by atoms with Crippen molar-refractivity contribution in [2.24, 2.45) is 5.41 Å². The number of aliphatic hydroxyl groups excluding tert-OH is 1. The van der Waals surface area contributed by atoms with Crippen molar-refractivity contribution in [3.8, 4) is 0 Å². The Kier molecular flexibility index (Phi) is 5.50. The van der Waals surface area contributed by atoms with E-state index < -0.39 is 0 Å². The van der Waals surface area contributed by atoms with Crippen molar-refractivity contribution in [1.29, 1.82) is 0 Å². The Labute approximate surface area is 109 Å². The lowest BCUT2D eigenvalue weighted by Gasteiger charge is -2.26. The number of nitrogens with one attached hydrogen (secondary N) is 1. The first-order chi connectivity index (χ1) is 7.93. The third-order valence-corrected chi connectivity index (χ3v) is 3.57. The maximum atomic E-state index is 9.88. The van der Waals surface area contributed by atoms with E-state index in [4.69, 9.17) is 0 Å². The predicted octanol–water partition coefficient (Wildman–Crippen LogP) is 2.91. The lowest BCUT2D eigenvalue weighted by Crippen LogP contribution is -2.36. The molecule has 2 N–H and O–H groups in total. The zero-order chi connectivity index (χ0) is 12.9. The van der Waals surface area contributed by atoms with Gasteiger partial charge in [0.15, 0.2) is 0 Å². The zero-order valence-corrected chi connectivity index (χ0v) is 12.0. The second-order valence-corrected chi connectivity index (χ2v) is 6.24. The van der Waals surface area contributed by atoms with E-state index in [0.29, 0.717) is 6.54 Å². The summed E-state index contributed by atoms with van der Waals surface area (Å²) in [7, 11) is 0. The third-order valence-electron chi connectivity index (χ3n) is 2.83. The van der Waals surface area contributed by atoms with E-state index in [0.717, 1.165) is 6.54 Å². The average Bonchev–Trinajstić information content (AvgIpc) is 2.28. The second kappa shape index (κ2) is 6.43. The summed E-state index contributed by atoms with van der Waals surface area (Å²) in [6, 6.07) is 8.51. The first-order valence-corrected chi connectivity index (χ1v) is 7.17. The molecule has 0 saturated carbocycles. The first kappa shape index (κ1) is 14.6. The molecule has 0 spiro atoms. The highest BCUT2D eigenvalue weighted by atomic mass is 32.2. The molecule has 0 heterocycles. The summed E-state index contributed by atoms with van der Waals surface area (Å²) in [5, 5.41) is 13.2. The van der Waals surface area contributed by atoms with E-state index in [9.17, 15) is 5.11 Å². The van der Waals surface area contributed by atoms with Crippen molar-refractivity contribution in [3.05, 3.63) is 29.8 Å². The molecule has 0 aromatic heterocycles. The molecular weight excluding hydrogens is 230 g/mol. The van der Waals surface area contributed by atoms with Crippen LogP contribution in [0.2, 0.25) is 0 Å². The quantitative estimate of drug-likeness (QED) is 0.791. The van der Waals surface area contributed by atoms with E-state index in [2.05, 4.69) is 35.8 Å². The summed E-state index contributed by atoms with van der Waals surface area (Å²) in [4.78, 5) is 1.28. The first-order valence-electron chi connectivity index (χ1n) is 5.95. The molecular formula is C14H23NOS. The van der Waals surface area contributed by atoms with Gasteiger partial charge in [-0.1, -0.05) is 32.9 Å². The molecule has 0 bridgehead atoms. The molecule has 1 aromatic rings. The van der Waals surface area contributed by atoms with Gasteiger partial charge in [-0.2, -0.15) is 0 Å². The van der Waals surface area contributed by atoms with Gasteiger partial charge in [0.25, 0.3) is 0 Å². The van der Waals surface area contributed by atoms with Crippen LogP contribution in [-0.4, -0.2) is 24.0 Å². The molecule has 0 aliphatic carbocycles. The van der Waals surface area contributed by atoms with Crippen LogP contribution in [0.15, 0.2) is 29.2 Å². The fourth-order valence-corrected chi connectivity index (χ4v) is 1.81. The smallest absolute Gasteiger partial charge is 0.0712 e. The standard InChI is InChI=1S/C14H23NOS/c1-14(2,3)13(16)10-15-9-11-5-7-12(17-4)8-6-11/h5-8,13,15-16H,9-10H2,1-4H3. The molecule has 0 aliphatic heterocycles. The number of thioether (sulfide) groups is 1. The van der Waals surface area contributed by atoms with Gasteiger partial charge in [0.1, 0.15) is 0 Å². The molecule has 2 nitrogen and oxygen atoms in total. The third kappa shape index (κ3) is 5.11. The maximum Gasteiger partial charge on any atom is 0.0712 e. The van der Waals surface area contributed by atoms with E-state index in [1.807, 2.05) is 20.8 Å². The average molecular weight is 253 g/mol. The lowest BCUT2D eigenvalue weighted by molar-refractivity contribution is 0.0628. The fourth-order valence-electron chi connectivity index (χ4n) is 1.40. The van der Waals surface area contributed by atoms with Gasteiger partial charge in [-0.15, -0.1) is 11.8 Å². The Morgan fingerprint density at radius 1 is 1.24 bits per heavy atom. The minimum absolute atomic E-state index is 0.0598. The Morgan fingerprint density at radius 3 is 2.29 bits per heavy atom. The van der Waals surface area contributed by atoms with E-state index in [-0.39, 0.29) is 11.5 Å². The Bertz CT molecular complexity index is 329. The summed E-state index contributed by atoms with van der Waals surface area (Å²) in [5.41, 5.74) is 1.19. The minimum Gasteiger partial charge on any atom is -0.391 e. The number of aliphatic hydroxyl groups is 1. The number of benzene rings is 1. The van der Waals surface area contributed by atoms with Crippen LogP contribution < -0.4 is 5.32 Å². The number of hydrogen-bond acceptors (Lipinski definition) is 3. The summed E-state index contributed by atoms with van der Waals surface area (Å²) in [6.07, 6.45) is 1.76. The summed E-state index contributed by atoms with van der Waals surface area (Å²) >= 11 is 1.75. The molecule has 17 heavy (non-hydrogen) atoms. The Morgan fingerprint density at radius 2 is 1.82 bits per heavy atom. The topological polar surface area (TPSA) is 32.3 Å². The molecule has 1 rings (SSSR count). The normalized spacial score (nSPS) is 13.7. The van der Waals surface area contributed by atoms with Gasteiger partial charge in [-0.3, -0.25) is 0 Å². The van der Waals surface area contributed by atoms with Crippen LogP contribution in [0.1, 0.15) is 26.3 Å². The molecule has 0 aliphatic rings. The molecule has 0 radical (unpaired) electrons. The lowest BCUT2D eigenvalue weighted by atomic mass is 9.89. The second-order valence-electron chi connectivity index (χ2n) is 5.36. The zero-order valence-electron chi connectivity index (χ0n) is 11.2. The Balaban J connectivity index is 2.35. The van der Waals surface area contributed by atoms with Crippen LogP contribution in [0.3, 0.4) is 0 Å². The Hall–Kier alpha value is -0.510. The number of hydrogen-bond donors (Lipinski definition) is 2. The molecule has 0 saturated heterocycles. The van der Waals surface area contributed by atoms with Gasteiger partial charge < -0.3 is 10.4 Å². The van der Waals surface area contributed by atoms with Crippen molar-refractivity contribution < 1.29 is 5.11 Å². The predicted molar refractivity (Wildman–Crippen MR) is 75.4 cm³/mol. The molecule has 96 valence electrons. The van der Waals surface area contributed by atoms with Crippen molar-refractivity contribution >= 4 is 11.8 Å². The molecule has 0 amide bonds. The molecule has 0 fully saturated rings. The van der Waals surface area contributed by atoms with Crippen LogP contribution >= 0.6 is 11.8 Å². The highest BCUT2D eigenvalue weighted by molar-refractivity contribution is 7.98. The van der Waals surface area contributed by atoms with Crippen molar-refractivity contribution in [2.75, 3.05) is 12.8 Å². The van der Waals surface area contributed by atoms with Gasteiger partial charge in [-0.25, -0.2) is 0 Å². The minimum atomic E-state index is -0.312. The highest BCUT2D eigenvalue weighted by Gasteiger charge is 2.21. The van der Waals surface area contributed by atoms with Crippen LogP contribution in [0.25, 0.3) is 0 Å². The van der Waals surface area contributed by atoms with E-state index >= 15 is 0 Å². The van der Waals surface area contributed by atoms with E-state index in [1.165, 1.54) is 10.5 Å². The summed E-state index contributed by atoms with van der Waals surface area (Å²) in [6.45, 7) is 7.58. The highest BCUT2D eigenvalue weighted by Crippen LogP contribution is 2.18. The summed E-state index contributed by atoms with van der Waals surface area (Å²) in [5.74, 6) is 0. The van der Waals surface area contributed by atoms with E-state index in [1.54, 1.807) is 11.8 Å². The largest absolute Gasteiger partial charge is 0.391 e. The molecule has 1 unspecified atom stereocenters. The van der Waals surface area contributed by atoms with Crippen molar-refractivity contribution in [3.63, 3.8) is 0 Å². The van der Waals surface area contributed by atoms with Gasteiger partial charge in [0, 0.05) is 18.0 Å². The van der Waals surface area contributed by atoms with Crippen LogP contribution in [0.4, 0.5) is 0 Å². The number of rotatable bonds is 5. The van der Waals surface area contributed by atoms with Crippen molar-refractivity contribution in [1.82, 2.24) is 5.32 Å². The van der Waals surface area contributed by atoms with Gasteiger partial charge in [0.05, 0.1) is 6.10 Å². The molecule has 1 atom stereocenters. The van der Waals surface area contributed by atoms with Crippen LogP contribution in [0, 0.1) is 5.41 Å².